The van der Waals surface area contributed by atoms with E-state index < -0.39 is 35.6 Å². The largest absolute Gasteiger partial charge is 0.444 e. The molecule has 40 heavy (non-hydrogen) atoms. The number of unbranched alkanes of at least 4 members (excludes halogenated alkanes) is 1. The molecule has 4 amide bonds. The summed E-state index contributed by atoms with van der Waals surface area (Å²) in [4.78, 5) is 49.9. The van der Waals surface area contributed by atoms with E-state index in [9.17, 15) is 24.3 Å². The van der Waals surface area contributed by atoms with Gasteiger partial charge in [-0.15, -0.1) is 0 Å². The van der Waals surface area contributed by atoms with Crippen molar-refractivity contribution in [2.45, 2.75) is 84.6 Å². The monoisotopic (exact) mass is 566 g/mol. The van der Waals surface area contributed by atoms with Crippen molar-refractivity contribution in [3.63, 3.8) is 0 Å². The van der Waals surface area contributed by atoms with Gasteiger partial charge in [0.2, 0.25) is 17.7 Å². The fourth-order valence-electron chi connectivity index (χ4n) is 3.37. The van der Waals surface area contributed by atoms with E-state index in [1.54, 1.807) is 45.0 Å². The second-order valence-electron chi connectivity index (χ2n) is 10.2. The van der Waals surface area contributed by atoms with Crippen LogP contribution in [0.2, 0.25) is 0 Å². The van der Waals surface area contributed by atoms with Crippen molar-refractivity contribution in [3.05, 3.63) is 29.8 Å². The van der Waals surface area contributed by atoms with Gasteiger partial charge in [0, 0.05) is 25.3 Å². The topological polar surface area (TPSA) is 164 Å². The number of ether oxygens (including phenoxy) is 3. The van der Waals surface area contributed by atoms with Gasteiger partial charge in [0.15, 0.2) is 0 Å². The lowest BCUT2D eigenvalue weighted by molar-refractivity contribution is -0.131. The molecule has 226 valence electrons. The SMILES string of the molecule is CCOCCOCCC(=O)N[C@@H](C)C(=O)N[C@@H](CCCCNC(=O)OC(C)(C)C)C(=O)Nc1ccc(CO)cc1. The standard InChI is InChI=1S/C28H46N4O8/c1-6-38-17-18-39-16-14-24(34)30-20(2)25(35)32-23(9-7-8-15-29-27(37)40-28(3,4)5)26(36)31-22-12-10-21(19-33)11-13-22/h10-13,20,23,33H,6-9,14-19H2,1-5H3,(H,29,37)(H,30,34)(H,31,36)(H,32,35)/t20-,23-/m0/s1. The molecule has 0 heterocycles. The molecule has 0 saturated heterocycles. The Labute approximate surface area is 236 Å². The van der Waals surface area contributed by atoms with Crippen LogP contribution in [0.15, 0.2) is 24.3 Å². The first-order valence-electron chi connectivity index (χ1n) is 13.7. The Bertz CT molecular complexity index is 918. The molecule has 12 nitrogen and oxygen atoms in total. The van der Waals surface area contributed by atoms with E-state index in [2.05, 4.69) is 21.3 Å². The summed E-state index contributed by atoms with van der Waals surface area (Å²) >= 11 is 0. The van der Waals surface area contributed by atoms with Crippen molar-refractivity contribution in [1.29, 1.82) is 0 Å². The molecule has 12 heteroatoms. The summed E-state index contributed by atoms with van der Waals surface area (Å²) < 4.78 is 15.7. The van der Waals surface area contributed by atoms with Crippen molar-refractivity contribution in [1.82, 2.24) is 16.0 Å². The van der Waals surface area contributed by atoms with Crippen molar-refractivity contribution in [2.75, 3.05) is 38.3 Å². The van der Waals surface area contributed by atoms with Gasteiger partial charge in [-0.2, -0.15) is 0 Å². The molecule has 0 spiro atoms. The summed E-state index contributed by atoms with van der Waals surface area (Å²) in [6.07, 6.45) is 0.946. The van der Waals surface area contributed by atoms with Gasteiger partial charge in [-0.25, -0.2) is 4.79 Å². The van der Waals surface area contributed by atoms with Crippen LogP contribution in [0.3, 0.4) is 0 Å². The molecule has 1 aromatic rings. The lowest BCUT2D eigenvalue weighted by atomic mass is 10.1. The summed E-state index contributed by atoms with van der Waals surface area (Å²) in [5.74, 6) is -1.28. The number of benzene rings is 1. The van der Waals surface area contributed by atoms with E-state index in [1.807, 2.05) is 6.92 Å². The minimum Gasteiger partial charge on any atom is -0.444 e. The number of anilines is 1. The van der Waals surface area contributed by atoms with Crippen molar-refractivity contribution >= 4 is 29.5 Å². The lowest BCUT2D eigenvalue weighted by Gasteiger charge is -2.22. The highest BCUT2D eigenvalue weighted by Crippen LogP contribution is 2.12. The molecule has 0 bridgehead atoms. The Morgan fingerprint density at radius 1 is 0.925 bits per heavy atom. The van der Waals surface area contributed by atoms with Crippen LogP contribution in [0.5, 0.6) is 0 Å². The van der Waals surface area contributed by atoms with Crippen molar-refractivity contribution in [3.8, 4) is 0 Å². The Morgan fingerprint density at radius 3 is 2.23 bits per heavy atom. The van der Waals surface area contributed by atoms with Crippen LogP contribution in [0.25, 0.3) is 0 Å². The second-order valence-corrected chi connectivity index (χ2v) is 10.2. The van der Waals surface area contributed by atoms with Crippen LogP contribution in [-0.4, -0.2) is 79.6 Å². The molecule has 2 atom stereocenters. The van der Waals surface area contributed by atoms with E-state index >= 15 is 0 Å². The molecule has 0 fully saturated rings. The van der Waals surface area contributed by atoms with E-state index in [4.69, 9.17) is 14.2 Å². The zero-order valence-corrected chi connectivity index (χ0v) is 24.3. The third kappa shape index (κ3) is 16.0. The average Bonchev–Trinajstić information content (AvgIpc) is 2.89. The average molecular weight is 567 g/mol. The van der Waals surface area contributed by atoms with E-state index in [-0.39, 0.29) is 25.5 Å². The molecule has 0 radical (unpaired) electrons. The number of hydrogen-bond donors (Lipinski definition) is 5. The minimum absolute atomic E-state index is 0.0855. The summed E-state index contributed by atoms with van der Waals surface area (Å²) in [5.41, 5.74) is 0.610. The third-order valence-corrected chi connectivity index (χ3v) is 5.45. The molecule has 0 unspecified atom stereocenters. The molecular formula is C28H46N4O8. The molecule has 0 aromatic heterocycles. The molecule has 5 N–H and O–H groups in total. The Kier molecular flexibility index (Phi) is 16.5. The predicted molar refractivity (Wildman–Crippen MR) is 151 cm³/mol. The van der Waals surface area contributed by atoms with E-state index in [0.717, 1.165) is 0 Å². The highest BCUT2D eigenvalue weighted by molar-refractivity contribution is 5.98. The number of carbonyl (C=O) groups excluding carboxylic acids is 4. The van der Waals surface area contributed by atoms with E-state index in [1.165, 1.54) is 6.92 Å². The number of amides is 4. The van der Waals surface area contributed by atoms with Crippen molar-refractivity contribution < 1.29 is 38.5 Å². The number of aliphatic hydroxyl groups excluding tert-OH is 1. The van der Waals surface area contributed by atoms with Gasteiger partial charge in [-0.1, -0.05) is 12.1 Å². The summed E-state index contributed by atoms with van der Waals surface area (Å²) in [6.45, 7) is 10.6. The maximum atomic E-state index is 13.0. The second kappa shape index (κ2) is 19.0. The maximum absolute atomic E-state index is 13.0. The highest BCUT2D eigenvalue weighted by atomic mass is 16.6. The molecule has 1 aromatic carbocycles. The molecular weight excluding hydrogens is 520 g/mol. The Hall–Kier alpha value is -3.22. The first-order valence-corrected chi connectivity index (χ1v) is 13.7. The molecule has 0 aliphatic carbocycles. The normalized spacial score (nSPS) is 12.7. The van der Waals surface area contributed by atoms with Gasteiger partial charge in [0.1, 0.15) is 17.7 Å². The summed E-state index contributed by atoms with van der Waals surface area (Å²) in [5, 5.41) is 20.0. The van der Waals surface area contributed by atoms with Crippen LogP contribution in [0, 0.1) is 0 Å². The van der Waals surface area contributed by atoms with Gasteiger partial charge >= 0.3 is 6.09 Å². The third-order valence-electron chi connectivity index (χ3n) is 5.45. The first kappa shape index (κ1) is 34.8. The zero-order valence-electron chi connectivity index (χ0n) is 24.3. The Balaban J connectivity index is 2.65. The van der Waals surface area contributed by atoms with Crippen LogP contribution < -0.4 is 21.3 Å². The maximum Gasteiger partial charge on any atom is 0.407 e. The number of nitrogens with one attached hydrogen (secondary N) is 4. The Morgan fingerprint density at radius 2 is 1.60 bits per heavy atom. The zero-order chi connectivity index (χ0) is 30.0. The van der Waals surface area contributed by atoms with Crippen molar-refractivity contribution in [2.24, 2.45) is 0 Å². The van der Waals surface area contributed by atoms with Crippen LogP contribution in [0.4, 0.5) is 10.5 Å². The van der Waals surface area contributed by atoms with Crippen LogP contribution in [-0.2, 0) is 35.2 Å². The lowest BCUT2D eigenvalue weighted by Crippen LogP contribution is -2.51. The fourth-order valence-corrected chi connectivity index (χ4v) is 3.37. The minimum atomic E-state index is -0.882. The molecule has 0 saturated carbocycles. The molecule has 0 aliphatic heterocycles. The van der Waals surface area contributed by atoms with E-state index in [0.29, 0.717) is 56.9 Å². The van der Waals surface area contributed by atoms with Gasteiger partial charge in [-0.3, -0.25) is 14.4 Å². The van der Waals surface area contributed by atoms with Gasteiger partial charge in [0.25, 0.3) is 0 Å². The number of rotatable bonds is 18. The predicted octanol–water partition coefficient (Wildman–Crippen LogP) is 2.25. The number of hydrogen-bond acceptors (Lipinski definition) is 8. The van der Waals surface area contributed by atoms with Crippen LogP contribution >= 0.6 is 0 Å². The number of aliphatic hydroxyl groups is 1. The number of carbonyl (C=O) groups is 4. The summed E-state index contributed by atoms with van der Waals surface area (Å²) in [6, 6.07) is 4.93. The first-order chi connectivity index (χ1) is 18.9. The number of alkyl carbamates (subject to hydrolysis) is 1. The summed E-state index contributed by atoms with van der Waals surface area (Å²) in [7, 11) is 0. The highest BCUT2D eigenvalue weighted by Gasteiger charge is 2.24. The quantitative estimate of drug-likeness (QED) is 0.169. The smallest absolute Gasteiger partial charge is 0.407 e. The van der Waals surface area contributed by atoms with Gasteiger partial charge < -0.3 is 40.6 Å². The molecule has 0 aliphatic rings. The molecule has 1 rings (SSSR count). The fraction of sp³-hybridized carbons (Fsp3) is 0.643. The van der Waals surface area contributed by atoms with Gasteiger partial charge in [0.05, 0.1) is 26.4 Å². The van der Waals surface area contributed by atoms with Gasteiger partial charge in [-0.05, 0) is 71.6 Å². The van der Waals surface area contributed by atoms with Crippen LogP contribution in [0.1, 0.15) is 65.9 Å².